The normalized spacial score (nSPS) is 11.5. The molecular formula is C24H19N5O2. The number of hydrogen-bond donors (Lipinski definition) is 0. The van der Waals surface area contributed by atoms with Crippen LogP contribution < -0.4 is 0 Å². The van der Waals surface area contributed by atoms with E-state index < -0.39 is 4.92 Å². The molecule has 0 aliphatic rings. The monoisotopic (exact) mass is 409 g/mol. The van der Waals surface area contributed by atoms with Gasteiger partial charge in [-0.1, -0.05) is 38.1 Å². The molecule has 0 aliphatic carbocycles. The molecule has 2 heterocycles. The lowest BCUT2D eigenvalue weighted by Gasteiger charge is -2.11. The van der Waals surface area contributed by atoms with E-state index in [-0.39, 0.29) is 5.69 Å². The lowest BCUT2D eigenvalue weighted by molar-refractivity contribution is -0.384. The maximum absolute atomic E-state index is 11.1. The van der Waals surface area contributed by atoms with E-state index in [1.54, 1.807) is 12.1 Å². The molecule has 7 nitrogen and oxygen atoms in total. The van der Waals surface area contributed by atoms with Crippen molar-refractivity contribution in [3.05, 3.63) is 88.5 Å². The van der Waals surface area contributed by atoms with E-state index >= 15 is 0 Å². The van der Waals surface area contributed by atoms with E-state index in [1.165, 1.54) is 17.7 Å². The summed E-state index contributed by atoms with van der Waals surface area (Å²) in [6, 6.07) is 22.3. The molecule has 31 heavy (non-hydrogen) atoms. The zero-order valence-corrected chi connectivity index (χ0v) is 17.1. The summed E-state index contributed by atoms with van der Waals surface area (Å²) in [4.78, 5) is 24.9. The minimum absolute atomic E-state index is 0.0367. The summed E-state index contributed by atoms with van der Waals surface area (Å²) in [6.07, 6.45) is 0. The van der Waals surface area contributed by atoms with Gasteiger partial charge in [-0.25, -0.2) is 15.0 Å². The van der Waals surface area contributed by atoms with E-state index in [9.17, 15) is 10.1 Å². The van der Waals surface area contributed by atoms with Crippen LogP contribution >= 0.6 is 0 Å². The van der Waals surface area contributed by atoms with Crippen LogP contribution in [0.25, 0.3) is 39.4 Å². The van der Waals surface area contributed by atoms with Crippen molar-refractivity contribution in [2.75, 3.05) is 0 Å². The number of benzene rings is 3. The molecule has 5 aromatic rings. The number of nitrogens with zero attached hydrogens (tertiary/aromatic N) is 5. The number of imidazole rings is 1. The van der Waals surface area contributed by atoms with Crippen LogP contribution in [0.15, 0.2) is 72.8 Å². The molecule has 152 valence electrons. The van der Waals surface area contributed by atoms with Gasteiger partial charge in [-0.3, -0.25) is 14.7 Å². The fourth-order valence-electron chi connectivity index (χ4n) is 3.64. The van der Waals surface area contributed by atoms with Crippen LogP contribution in [0.4, 0.5) is 5.69 Å². The van der Waals surface area contributed by atoms with Gasteiger partial charge in [0.05, 0.1) is 16.0 Å². The van der Waals surface area contributed by atoms with Crippen molar-refractivity contribution < 1.29 is 4.92 Å². The predicted molar refractivity (Wildman–Crippen MR) is 120 cm³/mol. The SMILES string of the molecule is CC(C)c1ccc(-n2c(-c3ccc([N+](=O)[O-])cc3)nc3nc4ccccc4nc32)cc1. The molecule has 3 aromatic carbocycles. The van der Waals surface area contributed by atoms with E-state index in [2.05, 4.69) is 26.0 Å². The van der Waals surface area contributed by atoms with E-state index in [4.69, 9.17) is 15.0 Å². The van der Waals surface area contributed by atoms with Crippen LogP contribution in [0, 0.1) is 10.1 Å². The Hall–Kier alpha value is -4.13. The fourth-order valence-corrected chi connectivity index (χ4v) is 3.64. The van der Waals surface area contributed by atoms with Crippen molar-refractivity contribution in [1.29, 1.82) is 0 Å². The van der Waals surface area contributed by atoms with Crippen molar-refractivity contribution in [3.8, 4) is 17.1 Å². The van der Waals surface area contributed by atoms with E-state index in [1.807, 2.05) is 41.0 Å². The quantitative estimate of drug-likeness (QED) is 0.282. The Balaban J connectivity index is 1.77. The Kier molecular flexibility index (Phi) is 4.43. The first-order chi connectivity index (χ1) is 15.0. The number of hydrogen-bond acceptors (Lipinski definition) is 5. The second-order valence-electron chi connectivity index (χ2n) is 7.68. The zero-order chi connectivity index (χ0) is 21.5. The lowest BCUT2D eigenvalue weighted by atomic mass is 10.0. The predicted octanol–water partition coefficient (Wildman–Crippen LogP) is 5.67. The Morgan fingerprint density at radius 2 is 1.48 bits per heavy atom. The molecule has 0 fully saturated rings. The smallest absolute Gasteiger partial charge is 0.269 e. The van der Waals surface area contributed by atoms with Crippen LogP contribution in [0.3, 0.4) is 0 Å². The van der Waals surface area contributed by atoms with E-state index in [0.717, 1.165) is 22.3 Å². The summed E-state index contributed by atoms with van der Waals surface area (Å²) in [5, 5.41) is 11.1. The summed E-state index contributed by atoms with van der Waals surface area (Å²) >= 11 is 0. The molecule has 2 aromatic heterocycles. The van der Waals surface area contributed by atoms with Crippen molar-refractivity contribution in [3.63, 3.8) is 0 Å². The van der Waals surface area contributed by atoms with Crippen LogP contribution in [-0.4, -0.2) is 24.4 Å². The van der Waals surface area contributed by atoms with Gasteiger partial charge < -0.3 is 0 Å². The molecule has 5 rings (SSSR count). The molecule has 7 heteroatoms. The molecule has 0 radical (unpaired) electrons. The number of rotatable bonds is 4. The van der Waals surface area contributed by atoms with Crippen molar-refractivity contribution in [2.24, 2.45) is 0 Å². The zero-order valence-electron chi connectivity index (χ0n) is 17.1. The number of nitro groups is 1. The van der Waals surface area contributed by atoms with Gasteiger partial charge in [0.25, 0.3) is 5.69 Å². The third kappa shape index (κ3) is 3.30. The standard InChI is InChI=1S/C24H19N5O2/c1-15(2)16-7-11-18(12-8-16)28-23(17-9-13-19(14-10-17)29(30)31)27-22-24(28)26-21-6-4-3-5-20(21)25-22/h3-15H,1-2H3. The number of non-ortho nitro benzene ring substituents is 1. The molecule has 0 N–H and O–H groups in total. The maximum Gasteiger partial charge on any atom is 0.269 e. The Morgan fingerprint density at radius 3 is 2.10 bits per heavy atom. The van der Waals surface area contributed by atoms with Gasteiger partial charge in [-0.2, -0.15) is 0 Å². The summed E-state index contributed by atoms with van der Waals surface area (Å²) in [7, 11) is 0. The summed E-state index contributed by atoms with van der Waals surface area (Å²) in [5.41, 5.74) is 5.66. The lowest BCUT2D eigenvalue weighted by Crippen LogP contribution is -2.00. The highest BCUT2D eigenvalue weighted by Crippen LogP contribution is 2.30. The number of fused-ring (bicyclic) bond motifs is 2. The first-order valence-corrected chi connectivity index (χ1v) is 10.0. The van der Waals surface area contributed by atoms with Gasteiger partial charge >= 0.3 is 0 Å². The molecule has 0 spiro atoms. The summed E-state index contributed by atoms with van der Waals surface area (Å²) < 4.78 is 1.96. The summed E-state index contributed by atoms with van der Waals surface area (Å²) in [5.74, 6) is 1.06. The van der Waals surface area contributed by atoms with Gasteiger partial charge in [0.15, 0.2) is 11.3 Å². The van der Waals surface area contributed by atoms with Gasteiger partial charge in [-0.05, 0) is 47.9 Å². The Labute approximate surface area is 178 Å². The number of nitro benzene ring substituents is 1. The highest BCUT2D eigenvalue weighted by Gasteiger charge is 2.18. The second-order valence-corrected chi connectivity index (χ2v) is 7.68. The highest BCUT2D eigenvalue weighted by molar-refractivity contribution is 5.86. The number of aromatic nitrogens is 4. The highest BCUT2D eigenvalue weighted by atomic mass is 16.6. The summed E-state index contributed by atoms with van der Waals surface area (Å²) in [6.45, 7) is 4.31. The first-order valence-electron chi connectivity index (χ1n) is 10.0. The van der Waals surface area contributed by atoms with Crippen LogP contribution in [0.2, 0.25) is 0 Å². The Bertz CT molecular complexity index is 1420. The fraction of sp³-hybridized carbons (Fsp3) is 0.125. The second kappa shape index (κ2) is 7.28. The average molecular weight is 409 g/mol. The molecule has 0 saturated carbocycles. The topological polar surface area (TPSA) is 86.7 Å². The molecule has 0 amide bonds. The van der Waals surface area contributed by atoms with Gasteiger partial charge in [0, 0.05) is 23.4 Å². The van der Waals surface area contributed by atoms with Crippen molar-refractivity contribution >= 4 is 28.0 Å². The maximum atomic E-state index is 11.1. The minimum atomic E-state index is -0.409. The number of para-hydroxylation sites is 2. The molecule has 0 aliphatic heterocycles. The molecule has 0 bridgehead atoms. The third-order valence-electron chi connectivity index (χ3n) is 5.32. The van der Waals surface area contributed by atoms with Crippen molar-refractivity contribution in [1.82, 2.24) is 19.5 Å². The molecule has 0 unspecified atom stereocenters. The molecule has 0 atom stereocenters. The van der Waals surface area contributed by atoms with Gasteiger partial charge in [-0.15, -0.1) is 0 Å². The van der Waals surface area contributed by atoms with Crippen LogP contribution in [0.1, 0.15) is 25.3 Å². The Morgan fingerprint density at radius 1 is 0.839 bits per heavy atom. The molecule has 0 saturated heterocycles. The molecular weight excluding hydrogens is 390 g/mol. The van der Waals surface area contributed by atoms with Crippen LogP contribution in [0.5, 0.6) is 0 Å². The average Bonchev–Trinajstić information content (AvgIpc) is 3.15. The van der Waals surface area contributed by atoms with E-state index in [0.29, 0.717) is 23.0 Å². The minimum Gasteiger partial charge on any atom is -0.275 e. The van der Waals surface area contributed by atoms with Crippen molar-refractivity contribution in [2.45, 2.75) is 19.8 Å². The first kappa shape index (κ1) is 18.9. The third-order valence-corrected chi connectivity index (χ3v) is 5.32. The van der Waals surface area contributed by atoms with Gasteiger partial charge in [0.2, 0.25) is 0 Å². The largest absolute Gasteiger partial charge is 0.275 e. The van der Waals surface area contributed by atoms with Gasteiger partial charge in [0.1, 0.15) is 5.82 Å². The van der Waals surface area contributed by atoms with Crippen LogP contribution in [-0.2, 0) is 0 Å².